The van der Waals surface area contributed by atoms with Crippen molar-refractivity contribution in [1.82, 2.24) is 9.21 Å². The van der Waals surface area contributed by atoms with E-state index in [-0.39, 0.29) is 42.7 Å². The van der Waals surface area contributed by atoms with E-state index in [0.717, 1.165) is 5.56 Å². The molecule has 9 heteroatoms. The number of nitrogens with zero attached hydrogens (tertiary/aromatic N) is 3. The molecule has 0 radical (unpaired) electrons. The summed E-state index contributed by atoms with van der Waals surface area (Å²) in [6.07, 6.45) is 2.87. The highest BCUT2D eigenvalue weighted by atomic mass is 32.2. The highest BCUT2D eigenvalue weighted by Gasteiger charge is 2.29. The van der Waals surface area contributed by atoms with Crippen molar-refractivity contribution in [3.8, 4) is 0 Å². The number of piperazine rings is 1. The van der Waals surface area contributed by atoms with Crippen LogP contribution in [0.25, 0.3) is 6.08 Å². The molecule has 0 saturated carbocycles. The average molecular weight is 415 g/mol. The van der Waals surface area contributed by atoms with Crippen molar-refractivity contribution in [1.29, 1.82) is 0 Å². The van der Waals surface area contributed by atoms with Crippen LogP contribution in [0.4, 0.5) is 5.69 Å². The first kappa shape index (κ1) is 20.7. The number of hydrogen-bond donors (Lipinski definition) is 0. The quantitative estimate of drug-likeness (QED) is 0.424. The van der Waals surface area contributed by atoms with Gasteiger partial charge in [0.2, 0.25) is 15.9 Å². The fourth-order valence-electron chi connectivity index (χ4n) is 3.02. The van der Waals surface area contributed by atoms with E-state index in [2.05, 4.69) is 0 Å². The van der Waals surface area contributed by atoms with E-state index in [1.54, 1.807) is 41.3 Å². The first-order chi connectivity index (χ1) is 13.8. The van der Waals surface area contributed by atoms with Gasteiger partial charge in [0.25, 0.3) is 5.69 Å². The van der Waals surface area contributed by atoms with E-state index in [9.17, 15) is 23.3 Å². The summed E-state index contributed by atoms with van der Waals surface area (Å²) in [5.41, 5.74) is 1.48. The van der Waals surface area contributed by atoms with E-state index >= 15 is 0 Å². The highest BCUT2D eigenvalue weighted by Crippen LogP contribution is 2.19. The second-order valence-corrected chi connectivity index (χ2v) is 8.67. The summed E-state index contributed by atoms with van der Waals surface area (Å²) in [6.45, 7) is 2.88. The van der Waals surface area contributed by atoms with Crippen LogP contribution in [0.3, 0.4) is 0 Å². The Labute approximate surface area is 169 Å². The van der Waals surface area contributed by atoms with Crippen LogP contribution < -0.4 is 0 Å². The molecule has 0 N–H and O–H groups in total. The van der Waals surface area contributed by atoms with Crippen LogP contribution in [0.15, 0.2) is 59.5 Å². The summed E-state index contributed by atoms with van der Waals surface area (Å²) in [4.78, 5) is 24.5. The minimum Gasteiger partial charge on any atom is -0.337 e. The summed E-state index contributed by atoms with van der Waals surface area (Å²) >= 11 is 0. The van der Waals surface area contributed by atoms with Crippen LogP contribution in [0.1, 0.15) is 11.1 Å². The third-order valence-electron chi connectivity index (χ3n) is 4.71. The number of rotatable bonds is 5. The lowest BCUT2D eigenvalue weighted by Gasteiger charge is -2.33. The molecule has 1 heterocycles. The Kier molecular flexibility index (Phi) is 6.09. The van der Waals surface area contributed by atoms with Crippen LogP contribution >= 0.6 is 0 Å². The summed E-state index contributed by atoms with van der Waals surface area (Å²) in [7, 11) is -3.58. The maximum absolute atomic E-state index is 12.7. The van der Waals surface area contributed by atoms with Crippen LogP contribution in [-0.4, -0.2) is 54.6 Å². The largest absolute Gasteiger partial charge is 0.337 e. The molecule has 0 spiro atoms. The number of non-ortho nitro benzene ring substituents is 1. The molecule has 2 aromatic rings. The molecular weight excluding hydrogens is 394 g/mol. The van der Waals surface area contributed by atoms with Crippen molar-refractivity contribution in [3.05, 3.63) is 75.8 Å². The number of nitro groups is 1. The lowest BCUT2D eigenvalue weighted by atomic mass is 10.2. The fourth-order valence-corrected chi connectivity index (χ4v) is 4.45. The molecular formula is C20H21N3O5S. The van der Waals surface area contributed by atoms with E-state index < -0.39 is 14.9 Å². The van der Waals surface area contributed by atoms with Gasteiger partial charge in [0.15, 0.2) is 0 Å². The van der Waals surface area contributed by atoms with Gasteiger partial charge in [-0.25, -0.2) is 8.42 Å². The van der Waals surface area contributed by atoms with Gasteiger partial charge in [0.1, 0.15) is 0 Å². The normalized spacial score (nSPS) is 15.6. The monoisotopic (exact) mass is 415 g/mol. The lowest BCUT2D eigenvalue weighted by molar-refractivity contribution is -0.384. The van der Waals surface area contributed by atoms with Gasteiger partial charge in [0.05, 0.1) is 9.82 Å². The number of amides is 1. The Morgan fingerprint density at radius 2 is 1.72 bits per heavy atom. The van der Waals surface area contributed by atoms with E-state index in [1.807, 2.05) is 6.92 Å². The molecule has 0 unspecified atom stereocenters. The van der Waals surface area contributed by atoms with Crippen molar-refractivity contribution in [2.24, 2.45) is 0 Å². The smallest absolute Gasteiger partial charge is 0.270 e. The molecule has 1 aliphatic heterocycles. The minimum absolute atomic E-state index is 0.0467. The second kappa shape index (κ2) is 8.54. The minimum atomic E-state index is -3.58. The van der Waals surface area contributed by atoms with Gasteiger partial charge in [-0.15, -0.1) is 0 Å². The van der Waals surface area contributed by atoms with Crippen molar-refractivity contribution in [3.63, 3.8) is 0 Å². The third-order valence-corrected chi connectivity index (χ3v) is 6.62. The molecule has 0 aliphatic carbocycles. The predicted molar refractivity (Wildman–Crippen MR) is 109 cm³/mol. The standard InChI is InChI=1S/C20H21N3O5S/c1-16-5-8-19(9-6-16)29(27,28)22-13-11-21(12-14-22)20(24)10-7-17-3-2-4-18(15-17)23(25)26/h2-10,15H,11-14H2,1H3. The SMILES string of the molecule is Cc1ccc(S(=O)(=O)N2CCN(C(=O)C=Cc3cccc([N+](=O)[O-])c3)CC2)cc1. The van der Waals surface area contributed by atoms with E-state index in [1.165, 1.54) is 28.6 Å². The highest BCUT2D eigenvalue weighted by molar-refractivity contribution is 7.89. The Bertz CT molecular complexity index is 1040. The van der Waals surface area contributed by atoms with Crippen LogP contribution in [0.2, 0.25) is 0 Å². The van der Waals surface area contributed by atoms with Gasteiger partial charge in [-0.2, -0.15) is 4.31 Å². The molecule has 1 amide bonds. The maximum atomic E-state index is 12.7. The third kappa shape index (κ3) is 4.87. The second-order valence-electron chi connectivity index (χ2n) is 6.73. The number of hydrogen-bond acceptors (Lipinski definition) is 5. The molecule has 0 aromatic heterocycles. The fraction of sp³-hybridized carbons (Fsp3) is 0.250. The summed E-state index contributed by atoms with van der Waals surface area (Å²) in [6, 6.07) is 12.7. The first-order valence-corrected chi connectivity index (χ1v) is 10.5. The van der Waals surface area contributed by atoms with Crippen LogP contribution in [-0.2, 0) is 14.8 Å². The summed E-state index contributed by atoms with van der Waals surface area (Å²) in [5.74, 6) is -0.260. The van der Waals surface area contributed by atoms with Crippen LogP contribution in [0, 0.1) is 17.0 Å². The molecule has 0 atom stereocenters. The molecule has 1 fully saturated rings. The van der Waals surface area contributed by atoms with Gasteiger partial charge in [-0.3, -0.25) is 14.9 Å². The summed E-state index contributed by atoms with van der Waals surface area (Å²) < 4.78 is 26.8. The molecule has 8 nitrogen and oxygen atoms in total. The number of aryl methyl sites for hydroxylation is 1. The van der Waals surface area contributed by atoms with Crippen molar-refractivity contribution in [2.75, 3.05) is 26.2 Å². The van der Waals surface area contributed by atoms with Gasteiger partial charge in [-0.1, -0.05) is 29.8 Å². The first-order valence-electron chi connectivity index (χ1n) is 9.05. The molecule has 0 bridgehead atoms. The Hall–Kier alpha value is -3.04. The maximum Gasteiger partial charge on any atom is 0.270 e. The van der Waals surface area contributed by atoms with Crippen molar-refractivity contribution >= 4 is 27.7 Å². The topological polar surface area (TPSA) is 101 Å². The number of benzene rings is 2. The van der Waals surface area contributed by atoms with Crippen molar-refractivity contribution in [2.45, 2.75) is 11.8 Å². The molecule has 29 heavy (non-hydrogen) atoms. The van der Waals surface area contributed by atoms with Crippen LogP contribution in [0.5, 0.6) is 0 Å². The molecule has 2 aromatic carbocycles. The number of carbonyl (C=O) groups is 1. The Balaban J connectivity index is 1.61. The predicted octanol–water partition coefficient (Wildman–Crippen LogP) is 2.45. The molecule has 1 saturated heterocycles. The van der Waals surface area contributed by atoms with Crippen molar-refractivity contribution < 1.29 is 18.1 Å². The average Bonchev–Trinajstić information content (AvgIpc) is 2.72. The van der Waals surface area contributed by atoms with Gasteiger partial charge >= 0.3 is 0 Å². The van der Waals surface area contributed by atoms with Gasteiger partial charge < -0.3 is 4.90 Å². The van der Waals surface area contributed by atoms with E-state index in [4.69, 9.17) is 0 Å². The zero-order chi connectivity index (χ0) is 21.0. The molecule has 3 rings (SSSR count). The lowest BCUT2D eigenvalue weighted by Crippen LogP contribution is -2.50. The van der Waals surface area contributed by atoms with Gasteiger partial charge in [0, 0.05) is 44.4 Å². The number of carbonyl (C=O) groups excluding carboxylic acids is 1. The number of sulfonamides is 1. The summed E-state index contributed by atoms with van der Waals surface area (Å²) in [5, 5.41) is 10.8. The van der Waals surface area contributed by atoms with E-state index in [0.29, 0.717) is 5.56 Å². The zero-order valence-electron chi connectivity index (χ0n) is 15.9. The Morgan fingerprint density at radius 1 is 1.07 bits per heavy atom. The Morgan fingerprint density at radius 3 is 2.34 bits per heavy atom. The molecule has 152 valence electrons. The zero-order valence-corrected chi connectivity index (χ0v) is 16.7. The number of nitro benzene ring substituents is 1. The molecule has 1 aliphatic rings. The van der Waals surface area contributed by atoms with Gasteiger partial charge in [-0.05, 0) is 30.7 Å².